The van der Waals surface area contributed by atoms with Crippen LogP contribution in [0.3, 0.4) is 0 Å². The van der Waals surface area contributed by atoms with E-state index >= 15 is 0 Å². The van der Waals surface area contributed by atoms with Crippen LogP contribution in [0, 0.1) is 17.1 Å². The highest BCUT2D eigenvalue weighted by atomic mass is 127. The summed E-state index contributed by atoms with van der Waals surface area (Å²) in [6.07, 6.45) is 0. The first-order valence-corrected chi connectivity index (χ1v) is 8.22. The second-order valence-electron chi connectivity index (χ2n) is 5.85. The lowest BCUT2D eigenvalue weighted by Crippen LogP contribution is -2.50. The van der Waals surface area contributed by atoms with E-state index in [1.54, 1.807) is 13.1 Å². The molecule has 0 aliphatic carbocycles. The van der Waals surface area contributed by atoms with Crippen molar-refractivity contribution in [1.82, 2.24) is 10.2 Å². The topological polar surface area (TPSA) is 51.4 Å². The number of aliphatic imine (C=N–C) groups is 1. The van der Waals surface area contributed by atoms with Gasteiger partial charge in [0.1, 0.15) is 5.82 Å². The van der Waals surface area contributed by atoms with E-state index in [1.807, 2.05) is 17.8 Å². The lowest BCUT2D eigenvalue weighted by Gasteiger charge is -2.39. The van der Waals surface area contributed by atoms with Crippen molar-refractivity contribution in [2.75, 3.05) is 25.9 Å². The third-order valence-corrected chi connectivity index (χ3v) is 4.85. The maximum atomic E-state index is 13.8. The van der Waals surface area contributed by atoms with Crippen molar-refractivity contribution in [2.45, 2.75) is 25.1 Å². The first-order valence-electron chi connectivity index (χ1n) is 7.23. The Morgan fingerprint density at radius 2 is 2.26 bits per heavy atom. The number of guanidine groups is 1. The third-order valence-electron chi connectivity index (χ3n) is 3.55. The van der Waals surface area contributed by atoms with Gasteiger partial charge >= 0.3 is 0 Å². The van der Waals surface area contributed by atoms with Gasteiger partial charge < -0.3 is 10.2 Å². The molecule has 0 amide bonds. The summed E-state index contributed by atoms with van der Waals surface area (Å²) >= 11 is 1.95. The molecule has 0 spiro atoms. The molecule has 2 rings (SSSR count). The van der Waals surface area contributed by atoms with Crippen molar-refractivity contribution >= 4 is 41.7 Å². The van der Waals surface area contributed by atoms with Crippen molar-refractivity contribution in [1.29, 1.82) is 5.26 Å². The van der Waals surface area contributed by atoms with Crippen LogP contribution in [0.1, 0.15) is 25.0 Å². The van der Waals surface area contributed by atoms with Crippen LogP contribution in [0.25, 0.3) is 0 Å². The minimum atomic E-state index is -0.309. The molecule has 1 fully saturated rings. The quantitative estimate of drug-likeness (QED) is 0.429. The minimum Gasteiger partial charge on any atom is -0.352 e. The van der Waals surface area contributed by atoms with Crippen LogP contribution >= 0.6 is 35.7 Å². The molecule has 0 bridgehead atoms. The molecule has 1 aromatic rings. The van der Waals surface area contributed by atoms with Crippen LogP contribution in [-0.4, -0.2) is 41.5 Å². The molecule has 0 atom stereocenters. The van der Waals surface area contributed by atoms with Crippen LogP contribution in [0.4, 0.5) is 4.39 Å². The zero-order valence-corrected chi connectivity index (χ0v) is 16.7. The number of hydrogen-bond donors (Lipinski definition) is 1. The van der Waals surface area contributed by atoms with Gasteiger partial charge in [-0.2, -0.15) is 17.0 Å². The molecule has 0 unspecified atom stereocenters. The Hall–Kier alpha value is -1.01. The normalized spacial score (nSPS) is 17.2. The fourth-order valence-electron chi connectivity index (χ4n) is 2.48. The fraction of sp³-hybridized carbons (Fsp3) is 0.500. The zero-order valence-electron chi connectivity index (χ0n) is 13.6. The smallest absolute Gasteiger partial charge is 0.193 e. The molecule has 1 aliphatic heterocycles. The van der Waals surface area contributed by atoms with Crippen molar-refractivity contribution in [3.63, 3.8) is 0 Å². The monoisotopic (exact) mass is 448 g/mol. The molecule has 1 N–H and O–H groups in total. The van der Waals surface area contributed by atoms with Crippen LogP contribution in [0.5, 0.6) is 0 Å². The van der Waals surface area contributed by atoms with Crippen molar-refractivity contribution < 1.29 is 4.39 Å². The Balaban J connectivity index is 0.00000264. The lowest BCUT2D eigenvalue weighted by molar-refractivity contribution is 0.375. The predicted octanol–water partition coefficient (Wildman–Crippen LogP) is 3.22. The van der Waals surface area contributed by atoms with E-state index in [1.165, 1.54) is 12.1 Å². The minimum absolute atomic E-state index is 0. The van der Waals surface area contributed by atoms with Crippen molar-refractivity contribution in [3.05, 3.63) is 35.1 Å². The average Bonchev–Trinajstić information content (AvgIpc) is 2.48. The van der Waals surface area contributed by atoms with E-state index in [9.17, 15) is 4.39 Å². The molecule has 1 aromatic carbocycles. The summed E-state index contributed by atoms with van der Waals surface area (Å²) in [6, 6.07) is 6.42. The van der Waals surface area contributed by atoms with E-state index < -0.39 is 0 Å². The summed E-state index contributed by atoms with van der Waals surface area (Å²) < 4.78 is 14.0. The maximum absolute atomic E-state index is 13.8. The SMILES string of the molecule is CN=C(NCc1cc(C#N)ccc1F)N1CCSC(C)(C)C1.I. The Bertz CT molecular complexity index is 613. The van der Waals surface area contributed by atoms with Gasteiger partial charge in [0.05, 0.1) is 11.6 Å². The van der Waals surface area contributed by atoms with E-state index in [2.05, 4.69) is 29.1 Å². The van der Waals surface area contributed by atoms with Gasteiger partial charge in [0, 0.05) is 42.7 Å². The number of hydrogen-bond acceptors (Lipinski definition) is 3. The summed E-state index contributed by atoms with van der Waals surface area (Å²) in [4.78, 5) is 6.50. The van der Waals surface area contributed by atoms with Gasteiger partial charge in [0.15, 0.2) is 5.96 Å². The Morgan fingerprint density at radius 3 is 2.87 bits per heavy atom. The van der Waals surface area contributed by atoms with Gasteiger partial charge in [-0.1, -0.05) is 0 Å². The highest BCUT2D eigenvalue weighted by molar-refractivity contribution is 14.0. The largest absolute Gasteiger partial charge is 0.352 e. The number of thioether (sulfide) groups is 1. The molecule has 126 valence electrons. The van der Waals surface area contributed by atoms with Crippen LogP contribution in [0.15, 0.2) is 23.2 Å². The summed E-state index contributed by atoms with van der Waals surface area (Å²) in [5.74, 6) is 1.51. The molecule has 1 aliphatic rings. The maximum Gasteiger partial charge on any atom is 0.193 e. The molecule has 0 saturated carbocycles. The summed E-state index contributed by atoms with van der Waals surface area (Å²) in [5.41, 5.74) is 0.939. The van der Waals surface area contributed by atoms with Crippen molar-refractivity contribution in [2.24, 2.45) is 4.99 Å². The van der Waals surface area contributed by atoms with Crippen molar-refractivity contribution in [3.8, 4) is 6.07 Å². The van der Waals surface area contributed by atoms with Crippen LogP contribution in [-0.2, 0) is 6.54 Å². The molecular formula is C16H22FIN4S. The molecule has 1 heterocycles. The van der Waals surface area contributed by atoms with Gasteiger partial charge in [0.25, 0.3) is 0 Å². The third kappa shape index (κ3) is 5.53. The summed E-state index contributed by atoms with van der Waals surface area (Å²) in [5, 5.41) is 12.1. The van der Waals surface area contributed by atoms with Gasteiger partial charge in [-0.05, 0) is 32.0 Å². The number of rotatable bonds is 2. The molecule has 7 heteroatoms. The predicted molar refractivity (Wildman–Crippen MR) is 105 cm³/mol. The Labute approximate surface area is 158 Å². The van der Waals surface area contributed by atoms with E-state index in [4.69, 9.17) is 5.26 Å². The second kappa shape index (κ2) is 8.73. The molecular weight excluding hydrogens is 426 g/mol. The first-order chi connectivity index (χ1) is 10.4. The molecule has 0 aromatic heterocycles. The lowest BCUT2D eigenvalue weighted by atomic mass is 10.1. The number of nitriles is 1. The number of halogens is 2. The zero-order chi connectivity index (χ0) is 16.2. The standard InChI is InChI=1S/C16H21FN4S.HI/c1-16(2)11-21(6-7-22-16)15(19-3)20-10-13-8-12(9-18)4-5-14(13)17;/h4-5,8H,6-7,10-11H2,1-3H3,(H,19,20);1H. The van der Waals surface area contributed by atoms with Gasteiger partial charge in [-0.25, -0.2) is 4.39 Å². The van der Waals surface area contributed by atoms with Gasteiger partial charge in [-0.3, -0.25) is 4.99 Å². The number of nitrogens with zero attached hydrogens (tertiary/aromatic N) is 3. The van der Waals surface area contributed by atoms with Gasteiger partial charge in [-0.15, -0.1) is 24.0 Å². The van der Waals surface area contributed by atoms with E-state index in [0.717, 1.165) is 24.8 Å². The molecule has 4 nitrogen and oxygen atoms in total. The molecule has 0 radical (unpaired) electrons. The molecule has 1 saturated heterocycles. The van der Waals surface area contributed by atoms with E-state index in [0.29, 0.717) is 17.7 Å². The van der Waals surface area contributed by atoms with Crippen LogP contribution in [0.2, 0.25) is 0 Å². The van der Waals surface area contributed by atoms with E-state index in [-0.39, 0.29) is 34.5 Å². The highest BCUT2D eigenvalue weighted by Crippen LogP contribution is 2.29. The highest BCUT2D eigenvalue weighted by Gasteiger charge is 2.28. The number of benzene rings is 1. The molecule has 23 heavy (non-hydrogen) atoms. The first kappa shape index (κ1) is 20.0. The number of nitrogens with one attached hydrogen (secondary N) is 1. The van der Waals surface area contributed by atoms with Crippen LogP contribution < -0.4 is 5.32 Å². The Morgan fingerprint density at radius 1 is 1.52 bits per heavy atom. The fourth-order valence-corrected chi connectivity index (χ4v) is 3.59. The van der Waals surface area contributed by atoms with Gasteiger partial charge in [0.2, 0.25) is 0 Å². The summed E-state index contributed by atoms with van der Waals surface area (Å²) in [7, 11) is 1.74. The average molecular weight is 448 g/mol. The summed E-state index contributed by atoms with van der Waals surface area (Å²) in [6.45, 7) is 6.57. The second-order valence-corrected chi connectivity index (χ2v) is 7.65. The Kier molecular flexibility index (Phi) is 7.61.